The molecule has 2 aromatic carbocycles. The van der Waals surface area contributed by atoms with Crippen molar-refractivity contribution < 1.29 is 21.2 Å². The molecule has 0 saturated carbocycles. The Labute approximate surface area is 141 Å². The summed E-state index contributed by atoms with van der Waals surface area (Å²) in [4.78, 5) is 0.0195. The molecule has 0 saturated heterocycles. The largest absolute Gasteiger partial charge is 0.242 e. The molecule has 2 rings (SSSR count). The van der Waals surface area contributed by atoms with Crippen LogP contribution >= 0.6 is 0 Å². The van der Waals surface area contributed by atoms with E-state index in [4.69, 9.17) is 0 Å². The molecule has 0 aliphatic rings. The standard InChI is InChI=1S/C16H18FNO4S2/c1-18(2)24(21,22)15-8-5-6-13(10-15)11-23(19,20)12-14-7-3-4-9-16(14)17/h3-10H,11-12H2,1-2H3. The first kappa shape index (κ1) is 18.6. The molecule has 0 aliphatic heterocycles. The molecule has 0 N–H and O–H groups in total. The van der Waals surface area contributed by atoms with E-state index in [2.05, 4.69) is 0 Å². The van der Waals surface area contributed by atoms with Gasteiger partial charge in [0.15, 0.2) is 9.84 Å². The van der Waals surface area contributed by atoms with Crippen molar-refractivity contribution in [3.05, 3.63) is 65.5 Å². The minimum Gasteiger partial charge on any atom is -0.228 e. The lowest BCUT2D eigenvalue weighted by Crippen LogP contribution is -2.22. The fourth-order valence-electron chi connectivity index (χ4n) is 2.16. The average molecular weight is 371 g/mol. The van der Waals surface area contributed by atoms with Gasteiger partial charge in [-0.1, -0.05) is 30.3 Å². The van der Waals surface area contributed by atoms with Crippen LogP contribution in [-0.4, -0.2) is 35.2 Å². The number of benzene rings is 2. The van der Waals surface area contributed by atoms with Gasteiger partial charge in [-0.15, -0.1) is 0 Å². The minimum absolute atomic E-state index is 0.0195. The second-order valence-electron chi connectivity index (χ2n) is 5.56. The molecule has 2 aromatic rings. The summed E-state index contributed by atoms with van der Waals surface area (Å²) >= 11 is 0. The third-order valence-electron chi connectivity index (χ3n) is 3.40. The second-order valence-corrected chi connectivity index (χ2v) is 9.77. The summed E-state index contributed by atoms with van der Waals surface area (Å²) in [6.07, 6.45) is 0. The maximum Gasteiger partial charge on any atom is 0.242 e. The van der Waals surface area contributed by atoms with Gasteiger partial charge >= 0.3 is 0 Å². The van der Waals surface area contributed by atoms with Crippen LogP contribution < -0.4 is 0 Å². The third kappa shape index (κ3) is 4.40. The predicted octanol–water partition coefficient (Wildman–Crippen LogP) is 2.19. The van der Waals surface area contributed by atoms with Gasteiger partial charge in [0, 0.05) is 19.7 Å². The van der Waals surface area contributed by atoms with Crippen LogP contribution in [0, 0.1) is 5.82 Å². The van der Waals surface area contributed by atoms with Gasteiger partial charge in [0.2, 0.25) is 10.0 Å². The fraction of sp³-hybridized carbons (Fsp3) is 0.250. The van der Waals surface area contributed by atoms with E-state index in [-0.39, 0.29) is 16.2 Å². The average Bonchev–Trinajstić information content (AvgIpc) is 2.49. The molecular weight excluding hydrogens is 353 g/mol. The number of nitrogens with zero attached hydrogens (tertiary/aromatic N) is 1. The van der Waals surface area contributed by atoms with E-state index in [0.717, 1.165) is 4.31 Å². The molecule has 0 aliphatic carbocycles. The van der Waals surface area contributed by atoms with Crippen LogP contribution in [0.4, 0.5) is 4.39 Å². The van der Waals surface area contributed by atoms with Gasteiger partial charge in [0.05, 0.1) is 16.4 Å². The summed E-state index contributed by atoms with van der Waals surface area (Å²) in [7, 11) is -4.48. The highest BCUT2D eigenvalue weighted by molar-refractivity contribution is 7.90. The highest BCUT2D eigenvalue weighted by Crippen LogP contribution is 2.19. The Balaban J connectivity index is 2.26. The molecular formula is C16H18FNO4S2. The zero-order chi connectivity index (χ0) is 18.0. The molecule has 0 spiro atoms. The van der Waals surface area contributed by atoms with Crippen molar-refractivity contribution in [3.63, 3.8) is 0 Å². The highest BCUT2D eigenvalue weighted by atomic mass is 32.2. The lowest BCUT2D eigenvalue weighted by Gasteiger charge is -2.12. The molecule has 8 heteroatoms. The summed E-state index contributed by atoms with van der Waals surface area (Å²) < 4.78 is 63.5. The Morgan fingerprint density at radius 1 is 0.917 bits per heavy atom. The van der Waals surface area contributed by atoms with Crippen LogP contribution in [0.25, 0.3) is 0 Å². The Morgan fingerprint density at radius 3 is 2.21 bits per heavy atom. The van der Waals surface area contributed by atoms with Crippen molar-refractivity contribution in [1.29, 1.82) is 0 Å². The molecule has 0 atom stereocenters. The van der Waals surface area contributed by atoms with Gasteiger partial charge in [0.25, 0.3) is 0 Å². The van der Waals surface area contributed by atoms with Crippen LogP contribution in [0.2, 0.25) is 0 Å². The number of rotatable bonds is 6. The summed E-state index contributed by atoms with van der Waals surface area (Å²) in [6, 6.07) is 11.4. The first-order valence-electron chi connectivity index (χ1n) is 7.07. The molecule has 0 amide bonds. The lowest BCUT2D eigenvalue weighted by molar-refractivity contribution is 0.520. The first-order chi connectivity index (χ1) is 11.1. The molecule has 0 bridgehead atoms. The van der Waals surface area contributed by atoms with Gasteiger partial charge in [-0.05, 0) is 23.8 Å². The van der Waals surface area contributed by atoms with Crippen LogP contribution in [-0.2, 0) is 31.4 Å². The summed E-state index contributed by atoms with van der Waals surface area (Å²) in [6.45, 7) is 0. The summed E-state index contributed by atoms with van der Waals surface area (Å²) in [5.41, 5.74) is 0.434. The zero-order valence-corrected chi connectivity index (χ0v) is 14.9. The van der Waals surface area contributed by atoms with Crippen molar-refractivity contribution in [1.82, 2.24) is 4.31 Å². The van der Waals surface area contributed by atoms with Crippen LogP contribution in [0.3, 0.4) is 0 Å². The molecule has 24 heavy (non-hydrogen) atoms. The fourth-order valence-corrected chi connectivity index (χ4v) is 4.63. The van der Waals surface area contributed by atoms with Gasteiger partial charge in [-0.3, -0.25) is 0 Å². The van der Waals surface area contributed by atoms with Crippen LogP contribution in [0.1, 0.15) is 11.1 Å². The van der Waals surface area contributed by atoms with Gasteiger partial charge in [-0.25, -0.2) is 25.5 Å². The van der Waals surface area contributed by atoms with Gasteiger partial charge in [0.1, 0.15) is 5.82 Å². The minimum atomic E-state index is -3.64. The SMILES string of the molecule is CN(C)S(=O)(=O)c1cccc(CS(=O)(=O)Cc2ccccc2F)c1. The molecule has 0 heterocycles. The molecule has 0 unspecified atom stereocenters. The van der Waals surface area contributed by atoms with E-state index in [1.165, 1.54) is 56.6 Å². The monoisotopic (exact) mass is 371 g/mol. The number of halogens is 1. The molecule has 130 valence electrons. The summed E-state index contributed by atoms with van der Waals surface area (Å²) in [5, 5.41) is 0. The molecule has 0 aromatic heterocycles. The topological polar surface area (TPSA) is 71.5 Å². The van der Waals surface area contributed by atoms with E-state index >= 15 is 0 Å². The number of sulfonamides is 1. The molecule has 0 fully saturated rings. The molecule has 5 nitrogen and oxygen atoms in total. The number of hydrogen-bond acceptors (Lipinski definition) is 4. The Hall–Kier alpha value is -1.77. The first-order valence-corrected chi connectivity index (χ1v) is 10.3. The van der Waals surface area contributed by atoms with Crippen molar-refractivity contribution >= 4 is 19.9 Å². The molecule has 0 radical (unpaired) electrons. The van der Waals surface area contributed by atoms with Crippen molar-refractivity contribution in [3.8, 4) is 0 Å². The zero-order valence-electron chi connectivity index (χ0n) is 13.3. The van der Waals surface area contributed by atoms with E-state index < -0.39 is 31.4 Å². The van der Waals surface area contributed by atoms with E-state index in [9.17, 15) is 21.2 Å². The smallest absolute Gasteiger partial charge is 0.228 e. The Kier molecular flexibility index (Phi) is 5.42. The maximum atomic E-state index is 13.6. The predicted molar refractivity (Wildman–Crippen MR) is 90.0 cm³/mol. The normalized spacial score (nSPS) is 12.5. The second kappa shape index (κ2) is 7.00. The van der Waals surface area contributed by atoms with Gasteiger partial charge < -0.3 is 0 Å². The van der Waals surface area contributed by atoms with Crippen LogP contribution in [0.15, 0.2) is 53.4 Å². The van der Waals surface area contributed by atoms with E-state index in [0.29, 0.717) is 5.56 Å². The highest BCUT2D eigenvalue weighted by Gasteiger charge is 2.20. The Bertz CT molecular complexity index is 938. The van der Waals surface area contributed by atoms with Gasteiger partial charge in [-0.2, -0.15) is 0 Å². The summed E-state index contributed by atoms with van der Waals surface area (Å²) in [5.74, 6) is -1.38. The van der Waals surface area contributed by atoms with Crippen LogP contribution in [0.5, 0.6) is 0 Å². The number of sulfone groups is 1. The van der Waals surface area contributed by atoms with E-state index in [1.807, 2.05) is 0 Å². The van der Waals surface area contributed by atoms with Crippen molar-refractivity contribution in [2.24, 2.45) is 0 Å². The van der Waals surface area contributed by atoms with Crippen molar-refractivity contribution in [2.75, 3.05) is 14.1 Å². The third-order valence-corrected chi connectivity index (χ3v) is 6.73. The quantitative estimate of drug-likeness (QED) is 0.780. The van der Waals surface area contributed by atoms with E-state index in [1.54, 1.807) is 6.07 Å². The Morgan fingerprint density at radius 2 is 1.58 bits per heavy atom. The maximum absolute atomic E-state index is 13.6. The number of hydrogen-bond donors (Lipinski definition) is 0. The lowest BCUT2D eigenvalue weighted by atomic mass is 10.2. The van der Waals surface area contributed by atoms with Crippen molar-refractivity contribution in [2.45, 2.75) is 16.4 Å².